The third kappa shape index (κ3) is 2.52. The first-order valence-electron chi connectivity index (χ1n) is 5.12. The third-order valence-corrected chi connectivity index (χ3v) is 4.99. The molecule has 15 heavy (non-hydrogen) atoms. The minimum Gasteiger partial charge on any atom is -0.209 e. The van der Waals surface area contributed by atoms with E-state index in [9.17, 15) is 0 Å². The molecule has 0 fully saturated rings. The molecule has 0 nitrogen and oxygen atoms in total. The van der Waals surface area contributed by atoms with Crippen LogP contribution in [0.1, 0.15) is 16.7 Å². The first kappa shape index (κ1) is 10.5. The maximum absolute atomic E-state index is 4.58. The van der Waals surface area contributed by atoms with Gasteiger partial charge in [-0.2, -0.15) is 0 Å². The molecule has 0 aliphatic heterocycles. The van der Waals surface area contributed by atoms with Crippen LogP contribution in [0.15, 0.2) is 60.7 Å². The van der Waals surface area contributed by atoms with Gasteiger partial charge in [0.15, 0.2) is 0 Å². The van der Waals surface area contributed by atoms with Gasteiger partial charge in [0.2, 0.25) is 0 Å². The van der Waals surface area contributed by atoms with Crippen LogP contribution in [0.5, 0.6) is 0 Å². The highest BCUT2D eigenvalue weighted by Crippen LogP contribution is 2.23. The minimum atomic E-state index is -0.374. The van der Waals surface area contributed by atoms with Crippen molar-refractivity contribution in [2.24, 2.45) is 0 Å². The summed E-state index contributed by atoms with van der Waals surface area (Å²) < 4.78 is 0. The fourth-order valence-corrected chi connectivity index (χ4v) is 4.00. The highest BCUT2D eigenvalue weighted by molar-refractivity contribution is 8.06. The first-order chi connectivity index (χ1) is 7.42. The van der Waals surface area contributed by atoms with Crippen molar-refractivity contribution in [3.8, 4) is 0 Å². The van der Waals surface area contributed by atoms with Gasteiger partial charge >= 0.3 is 0 Å². The van der Waals surface area contributed by atoms with E-state index in [1.807, 2.05) is 0 Å². The monoisotopic (exact) mass is 230 g/mol. The van der Waals surface area contributed by atoms with Gasteiger partial charge in [-0.1, -0.05) is 60.7 Å². The first-order valence-corrected chi connectivity index (χ1v) is 8.47. The van der Waals surface area contributed by atoms with Gasteiger partial charge < -0.3 is 0 Å². The van der Waals surface area contributed by atoms with Gasteiger partial charge in [-0.3, -0.25) is 0 Å². The van der Waals surface area contributed by atoms with Gasteiger partial charge in [0, 0.05) is 5.54 Å². The lowest BCUT2D eigenvalue weighted by molar-refractivity contribution is 1.14. The zero-order chi connectivity index (χ0) is 10.5. The van der Waals surface area contributed by atoms with E-state index in [0.29, 0.717) is 5.54 Å². The van der Waals surface area contributed by atoms with Crippen LogP contribution in [-0.4, -0.2) is 8.67 Å². The van der Waals surface area contributed by atoms with E-state index in [-0.39, 0.29) is 8.67 Å². The molecular formula is C13H14SSi. The Kier molecular flexibility index (Phi) is 3.64. The molecule has 2 aromatic rings. The van der Waals surface area contributed by atoms with Crippen LogP contribution in [-0.2, 0) is 0 Å². The van der Waals surface area contributed by atoms with E-state index in [1.54, 1.807) is 0 Å². The molecule has 0 heterocycles. The van der Waals surface area contributed by atoms with Crippen molar-refractivity contribution in [2.45, 2.75) is 5.54 Å². The number of rotatable bonds is 3. The third-order valence-electron chi connectivity index (χ3n) is 2.59. The molecule has 0 spiro atoms. The molecule has 0 radical (unpaired) electrons. The topological polar surface area (TPSA) is 0 Å². The molecule has 0 bridgehead atoms. The summed E-state index contributed by atoms with van der Waals surface area (Å²) in [5.74, 6) is 0. The molecule has 0 amide bonds. The SMILES string of the molecule is S[SiH2]C(c1ccccc1)c1ccccc1. The van der Waals surface area contributed by atoms with Crippen LogP contribution < -0.4 is 0 Å². The van der Waals surface area contributed by atoms with Crippen molar-refractivity contribution in [3.05, 3.63) is 71.8 Å². The fraction of sp³-hybridized carbons (Fsp3) is 0.0769. The average Bonchev–Trinajstić information content (AvgIpc) is 2.33. The van der Waals surface area contributed by atoms with E-state index >= 15 is 0 Å². The van der Waals surface area contributed by atoms with Gasteiger partial charge in [0.1, 0.15) is 0 Å². The second kappa shape index (κ2) is 5.19. The maximum Gasteiger partial charge on any atom is 0.0934 e. The summed E-state index contributed by atoms with van der Waals surface area (Å²) >= 11 is 4.58. The summed E-state index contributed by atoms with van der Waals surface area (Å²) in [6.45, 7) is 0. The lowest BCUT2D eigenvalue weighted by Crippen LogP contribution is -2.04. The van der Waals surface area contributed by atoms with Crippen LogP contribution >= 0.6 is 12.1 Å². The smallest absolute Gasteiger partial charge is 0.0934 e. The molecule has 0 unspecified atom stereocenters. The number of hydrogen-bond donors (Lipinski definition) is 1. The van der Waals surface area contributed by atoms with Crippen LogP contribution in [0.4, 0.5) is 0 Å². The number of thiol groups is 1. The minimum absolute atomic E-state index is 0.374. The van der Waals surface area contributed by atoms with E-state index in [2.05, 4.69) is 72.7 Å². The predicted octanol–water partition coefficient (Wildman–Crippen LogP) is 2.79. The highest BCUT2D eigenvalue weighted by atomic mass is 32.3. The molecule has 2 heteroatoms. The van der Waals surface area contributed by atoms with Crippen molar-refractivity contribution >= 4 is 20.7 Å². The van der Waals surface area contributed by atoms with E-state index in [4.69, 9.17) is 0 Å². The van der Waals surface area contributed by atoms with Crippen LogP contribution in [0.25, 0.3) is 0 Å². The Balaban J connectivity index is 2.34. The Labute approximate surface area is 98.2 Å². The van der Waals surface area contributed by atoms with Crippen molar-refractivity contribution in [2.75, 3.05) is 0 Å². The lowest BCUT2D eigenvalue weighted by Gasteiger charge is -2.14. The van der Waals surface area contributed by atoms with Crippen LogP contribution in [0, 0.1) is 0 Å². The summed E-state index contributed by atoms with van der Waals surface area (Å²) in [6, 6.07) is 21.3. The summed E-state index contributed by atoms with van der Waals surface area (Å²) in [5.41, 5.74) is 3.33. The lowest BCUT2D eigenvalue weighted by atomic mass is 10.0. The van der Waals surface area contributed by atoms with E-state index in [0.717, 1.165) is 0 Å². The summed E-state index contributed by atoms with van der Waals surface area (Å²) in [4.78, 5) is 0. The van der Waals surface area contributed by atoms with Crippen LogP contribution in [0.2, 0.25) is 0 Å². The second-order valence-electron chi connectivity index (χ2n) is 3.56. The molecule has 0 aromatic heterocycles. The molecule has 76 valence electrons. The van der Waals surface area contributed by atoms with Gasteiger partial charge in [-0.15, -0.1) is 0 Å². The quantitative estimate of drug-likeness (QED) is 0.608. The van der Waals surface area contributed by atoms with Crippen molar-refractivity contribution in [1.82, 2.24) is 0 Å². The van der Waals surface area contributed by atoms with E-state index in [1.165, 1.54) is 11.1 Å². The zero-order valence-corrected chi connectivity index (χ0v) is 10.8. The zero-order valence-electron chi connectivity index (χ0n) is 8.51. The van der Waals surface area contributed by atoms with Crippen molar-refractivity contribution in [3.63, 3.8) is 0 Å². The molecule has 0 saturated heterocycles. The van der Waals surface area contributed by atoms with Gasteiger partial charge in [0.05, 0.1) is 8.67 Å². The Hall–Kier alpha value is -0.993. The van der Waals surface area contributed by atoms with Gasteiger partial charge in [0.25, 0.3) is 0 Å². The molecule has 0 saturated carbocycles. The Morgan fingerprint density at radius 2 is 1.13 bits per heavy atom. The van der Waals surface area contributed by atoms with Gasteiger partial charge in [-0.25, -0.2) is 12.1 Å². The molecule has 0 atom stereocenters. The summed E-state index contributed by atoms with van der Waals surface area (Å²) in [7, 11) is -0.374. The Bertz CT molecular complexity index is 360. The number of benzene rings is 2. The van der Waals surface area contributed by atoms with E-state index < -0.39 is 0 Å². The average molecular weight is 230 g/mol. The van der Waals surface area contributed by atoms with Gasteiger partial charge in [-0.05, 0) is 11.1 Å². The highest BCUT2D eigenvalue weighted by Gasteiger charge is 2.11. The largest absolute Gasteiger partial charge is 0.209 e. The van der Waals surface area contributed by atoms with Crippen molar-refractivity contribution < 1.29 is 0 Å². The molecular weight excluding hydrogens is 216 g/mol. The Morgan fingerprint density at radius 1 is 0.733 bits per heavy atom. The molecule has 0 aliphatic rings. The molecule has 0 N–H and O–H groups in total. The van der Waals surface area contributed by atoms with Crippen LogP contribution in [0.3, 0.4) is 0 Å². The maximum atomic E-state index is 4.58. The summed E-state index contributed by atoms with van der Waals surface area (Å²) in [5, 5.41) is 0. The standard InChI is InChI=1S/C13H14SSi/c14-15-13(11-7-3-1-4-8-11)12-9-5-2-6-10-12/h1-10,13-14H,15H2. The molecule has 0 aliphatic carbocycles. The molecule has 2 aromatic carbocycles. The fourth-order valence-electron chi connectivity index (χ4n) is 1.77. The second-order valence-corrected chi connectivity index (χ2v) is 5.83. The Morgan fingerprint density at radius 3 is 1.47 bits per heavy atom. The summed E-state index contributed by atoms with van der Waals surface area (Å²) in [6.07, 6.45) is 0. The normalized spacial score (nSPS) is 11.3. The molecule has 2 rings (SSSR count). The number of hydrogen-bond acceptors (Lipinski definition) is 1. The van der Waals surface area contributed by atoms with Crippen molar-refractivity contribution in [1.29, 1.82) is 0 Å². The predicted molar refractivity (Wildman–Crippen MR) is 72.3 cm³/mol.